The summed E-state index contributed by atoms with van der Waals surface area (Å²) in [5.41, 5.74) is 0.772. The SMILES string of the molecule is CCCc1nc2ccc(Br)cc2c(=O)n1N=Cc1cc(Cl)cc(Br)c1OC(C)=O. The van der Waals surface area contributed by atoms with Crippen LogP contribution in [0.3, 0.4) is 0 Å². The summed E-state index contributed by atoms with van der Waals surface area (Å²) in [5.74, 6) is 0.328. The molecular weight excluding hydrogens is 525 g/mol. The third-order valence-electron chi connectivity index (χ3n) is 3.94. The van der Waals surface area contributed by atoms with Crippen LogP contribution in [0, 0.1) is 0 Å². The van der Waals surface area contributed by atoms with Crippen LogP contribution < -0.4 is 10.3 Å². The van der Waals surface area contributed by atoms with Crippen molar-refractivity contribution in [2.75, 3.05) is 0 Å². The number of fused-ring (bicyclic) bond motifs is 1. The van der Waals surface area contributed by atoms with Crippen molar-refractivity contribution in [3.63, 3.8) is 0 Å². The van der Waals surface area contributed by atoms with E-state index in [1.165, 1.54) is 17.8 Å². The number of nitrogens with zero attached hydrogens (tertiary/aromatic N) is 3. The Morgan fingerprint density at radius 1 is 1.31 bits per heavy atom. The number of aromatic nitrogens is 2. The average Bonchev–Trinajstić information content (AvgIpc) is 2.64. The summed E-state index contributed by atoms with van der Waals surface area (Å²) >= 11 is 12.8. The Kier molecular flexibility index (Phi) is 6.87. The lowest BCUT2D eigenvalue weighted by Gasteiger charge is -2.10. The first-order chi connectivity index (χ1) is 13.8. The van der Waals surface area contributed by atoms with Crippen molar-refractivity contribution in [1.29, 1.82) is 0 Å². The fourth-order valence-corrected chi connectivity index (χ4v) is 4.02. The quantitative estimate of drug-likeness (QED) is 0.249. The van der Waals surface area contributed by atoms with E-state index in [4.69, 9.17) is 16.3 Å². The van der Waals surface area contributed by atoms with Gasteiger partial charge in [0.25, 0.3) is 5.56 Å². The van der Waals surface area contributed by atoms with E-state index >= 15 is 0 Å². The van der Waals surface area contributed by atoms with Crippen molar-refractivity contribution in [2.24, 2.45) is 5.10 Å². The van der Waals surface area contributed by atoms with Crippen molar-refractivity contribution >= 4 is 66.5 Å². The molecule has 0 saturated carbocycles. The van der Waals surface area contributed by atoms with Gasteiger partial charge in [0.15, 0.2) is 5.75 Å². The van der Waals surface area contributed by atoms with Crippen molar-refractivity contribution in [3.8, 4) is 5.75 Å². The molecule has 0 aliphatic heterocycles. The van der Waals surface area contributed by atoms with E-state index in [9.17, 15) is 9.59 Å². The van der Waals surface area contributed by atoms with E-state index in [-0.39, 0.29) is 11.3 Å². The van der Waals surface area contributed by atoms with Crippen LogP contribution in [0.15, 0.2) is 49.2 Å². The average molecular weight is 542 g/mol. The maximum Gasteiger partial charge on any atom is 0.308 e. The van der Waals surface area contributed by atoms with Gasteiger partial charge < -0.3 is 4.74 Å². The van der Waals surface area contributed by atoms with Crippen LogP contribution in [0.2, 0.25) is 5.02 Å². The highest BCUT2D eigenvalue weighted by Gasteiger charge is 2.13. The molecule has 0 N–H and O–H groups in total. The highest BCUT2D eigenvalue weighted by Crippen LogP contribution is 2.32. The van der Waals surface area contributed by atoms with Gasteiger partial charge in [0.05, 0.1) is 21.6 Å². The number of halogens is 3. The number of esters is 1. The van der Waals surface area contributed by atoms with E-state index in [1.807, 2.05) is 13.0 Å². The summed E-state index contributed by atoms with van der Waals surface area (Å²) in [6.45, 7) is 3.30. The van der Waals surface area contributed by atoms with E-state index in [1.54, 1.807) is 24.3 Å². The molecule has 0 saturated heterocycles. The van der Waals surface area contributed by atoms with Crippen molar-refractivity contribution in [2.45, 2.75) is 26.7 Å². The minimum absolute atomic E-state index is 0.271. The second-order valence-corrected chi connectivity index (χ2v) is 8.41. The first-order valence-electron chi connectivity index (χ1n) is 8.73. The maximum atomic E-state index is 13.1. The lowest BCUT2D eigenvalue weighted by Crippen LogP contribution is -2.22. The molecule has 0 fully saturated rings. The summed E-state index contributed by atoms with van der Waals surface area (Å²) in [5, 5.41) is 5.23. The Balaban J connectivity index is 2.18. The second-order valence-electron chi connectivity index (χ2n) is 6.20. The zero-order chi connectivity index (χ0) is 21.1. The number of hydrogen-bond acceptors (Lipinski definition) is 5. The number of carbonyl (C=O) groups is 1. The van der Waals surface area contributed by atoms with Gasteiger partial charge in [0.1, 0.15) is 5.82 Å². The first kappa shape index (κ1) is 21.7. The molecule has 29 heavy (non-hydrogen) atoms. The molecular formula is C20H16Br2ClN3O3. The van der Waals surface area contributed by atoms with Gasteiger partial charge in [-0.2, -0.15) is 9.78 Å². The lowest BCUT2D eigenvalue weighted by atomic mass is 10.2. The normalized spacial score (nSPS) is 11.3. The molecule has 6 nitrogen and oxygen atoms in total. The molecule has 0 amide bonds. The molecule has 2 aromatic carbocycles. The predicted molar refractivity (Wildman–Crippen MR) is 121 cm³/mol. The van der Waals surface area contributed by atoms with Crippen LogP contribution in [-0.4, -0.2) is 21.8 Å². The van der Waals surface area contributed by atoms with E-state index in [2.05, 4.69) is 41.9 Å². The van der Waals surface area contributed by atoms with Gasteiger partial charge in [0, 0.05) is 28.4 Å². The number of hydrogen-bond donors (Lipinski definition) is 0. The Labute approximate surface area is 188 Å². The maximum absolute atomic E-state index is 13.1. The molecule has 150 valence electrons. The fraction of sp³-hybridized carbons (Fsp3) is 0.200. The molecule has 1 heterocycles. The van der Waals surface area contributed by atoms with Crippen LogP contribution in [0.25, 0.3) is 10.9 Å². The zero-order valence-corrected chi connectivity index (χ0v) is 19.5. The minimum Gasteiger partial charge on any atom is -0.425 e. The Bertz CT molecular complexity index is 1190. The van der Waals surface area contributed by atoms with Crippen molar-refractivity contribution < 1.29 is 9.53 Å². The van der Waals surface area contributed by atoms with Gasteiger partial charge in [-0.1, -0.05) is 34.5 Å². The number of aryl methyl sites for hydroxylation is 1. The number of carbonyl (C=O) groups excluding carboxylic acids is 1. The monoisotopic (exact) mass is 539 g/mol. The topological polar surface area (TPSA) is 73.6 Å². The molecule has 3 aromatic rings. The highest BCUT2D eigenvalue weighted by atomic mass is 79.9. The highest BCUT2D eigenvalue weighted by molar-refractivity contribution is 9.10. The molecule has 0 radical (unpaired) electrons. The van der Waals surface area contributed by atoms with Crippen molar-refractivity contribution in [3.05, 3.63) is 66.0 Å². The third-order valence-corrected chi connectivity index (χ3v) is 5.24. The fourth-order valence-electron chi connectivity index (χ4n) is 2.75. The van der Waals surface area contributed by atoms with E-state index in [0.717, 1.165) is 10.9 Å². The van der Waals surface area contributed by atoms with Crippen LogP contribution in [0.1, 0.15) is 31.7 Å². The summed E-state index contributed by atoms with van der Waals surface area (Å²) in [6.07, 6.45) is 2.81. The van der Waals surface area contributed by atoms with Gasteiger partial charge in [-0.3, -0.25) is 9.59 Å². The van der Waals surface area contributed by atoms with Crippen molar-refractivity contribution in [1.82, 2.24) is 9.66 Å². The molecule has 1 aromatic heterocycles. The van der Waals surface area contributed by atoms with E-state index in [0.29, 0.717) is 38.2 Å². The molecule has 9 heteroatoms. The lowest BCUT2D eigenvalue weighted by molar-refractivity contribution is -0.131. The van der Waals surface area contributed by atoms with Crippen LogP contribution in [0.4, 0.5) is 0 Å². The molecule has 3 rings (SSSR count). The largest absolute Gasteiger partial charge is 0.425 e. The number of rotatable bonds is 5. The molecule has 0 unspecified atom stereocenters. The Morgan fingerprint density at radius 3 is 2.76 bits per heavy atom. The molecule has 0 atom stereocenters. The molecule has 0 bridgehead atoms. The standard InChI is InChI=1S/C20H16Br2ClN3O3/c1-3-4-18-25-17-6-5-13(21)8-15(17)20(28)26(18)24-10-12-7-14(23)9-16(22)19(12)29-11(2)27/h5-10H,3-4H2,1-2H3. The summed E-state index contributed by atoms with van der Waals surface area (Å²) in [4.78, 5) is 29.1. The van der Waals surface area contributed by atoms with Gasteiger partial charge in [-0.05, 0) is 52.7 Å². The van der Waals surface area contributed by atoms with Crippen LogP contribution in [-0.2, 0) is 11.2 Å². The molecule has 0 spiro atoms. The summed E-state index contributed by atoms with van der Waals surface area (Å²) in [6, 6.07) is 8.56. The third kappa shape index (κ3) is 4.94. The second kappa shape index (κ2) is 9.19. The predicted octanol–water partition coefficient (Wildman–Crippen LogP) is 5.33. The van der Waals surface area contributed by atoms with Crippen LogP contribution in [0.5, 0.6) is 5.75 Å². The smallest absolute Gasteiger partial charge is 0.308 e. The van der Waals surface area contributed by atoms with Gasteiger partial charge in [-0.15, -0.1) is 0 Å². The van der Waals surface area contributed by atoms with Crippen LogP contribution >= 0.6 is 43.5 Å². The molecule has 0 aliphatic carbocycles. The minimum atomic E-state index is -0.483. The van der Waals surface area contributed by atoms with E-state index < -0.39 is 5.97 Å². The first-order valence-corrected chi connectivity index (χ1v) is 10.7. The van der Waals surface area contributed by atoms with Gasteiger partial charge >= 0.3 is 5.97 Å². The summed E-state index contributed by atoms with van der Waals surface area (Å²) in [7, 11) is 0. The zero-order valence-electron chi connectivity index (χ0n) is 15.6. The molecule has 0 aliphatic rings. The summed E-state index contributed by atoms with van der Waals surface area (Å²) < 4.78 is 7.82. The van der Waals surface area contributed by atoms with Gasteiger partial charge in [0.2, 0.25) is 0 Å². The Morgan fingerprint density at radius 2 is 2.07 bits per heavy atom. The number of ether oxygens (including phenoxy) is 1. The number of benzene rings is 2. The van der Waals surface area contributed by atoms with Gasteiger partial charge in [-0.25, -0.2) is 4.98 Å². The Hall–Kier alpha value is -2.03.